The highest BCUT2D eigenvalue weighted by Crippen LogP contribution is 2.18. The summed E-state index contributed by atoms with van der Waals surface area (Å²) in [5, 5.41) is 6.98. The Hall–Kier alpha value is -2.34. The SMILES string of the molecule is CCN(CC)c1ccc(NC(=O)c2ccn(COC)n2)cc1. The Morgan fingerprint density at radius 1 is 1.23 bits per heavy atom. The summed E-state index contributed by atoms with van der Waals surface area (Å²) in [6.07, 6.45) is 1.71. The quantitative estimate of drug-likeness (QED) is 0.854. The summed E-state index contributed by atoms with van der Waals surface area (Å²) in [5.74, 6) is -0.231. The topological polar surface area (TPSA) is 59.4 Å². The second-order valence-electron chi connectivity index (χ2n) is 4.83. The smallest absolute Gasteiger partial charge is 0.276 e. The Bertz CT molecular complexity index is 603. The number of rotatable bonds is 7. The highest BCUT2D eigenvalue weighted by molar-refractivity contribution is 6.02. The molecule has 0 atom stereocenters. The maximum atomic E-state index is 12.1. The van der Waals surface area contributed by atoms with Crippen LogP contribution in [0.4, 0.5) is 11.4 Å². The molecule has 22 heavy (non-hydrogen) atoms. The van der Waals surface area contributed by atoms with Gasteiger partial charge in [0.2, 0.25) is 0 Å². The van der Waals surface area contributed by atoms with E-state index in [0.29, 0.717) is 12.4 Å². The first-order valence-corrected chi connectivity index (χ1v) is 7.36. The number of ether oxygens (including phenoxy) is 1. The van der Waals surface area contributed by atoms with Gasteiger partial charge in [-0.1, -0.05) is 0 Å². The number of nitrogens with one attached hydrogen (secondary N) is 1. The van der Waals surface area contributed by atoms with Crippen molar-refractivity contribution in [2.45, 2.75) is 20.6 Å². The van der Waals surface area contributed by atoms with Crippen LogP contribution >= 0.6 is 0 Å². The summed E-state index contributed by atoms with van der Waals surface area (Å²) in [6, 6.07) is 9.48. The molecule has 0 fully saturated rings. The molecule has 0 aliphatic carbocycles. The molecular formula is C16H22N4O2. The van der Waals surface area contributed by atoms with Crippen LogP contribution in [0.3, 0.4) is 0 Å². The van der Waals surface area contributed by atoms with Crippen LogP contribution in [0.5, 0.6) is 0 Å². The summed E-state index contributed by atoms with van der Waals surface area (Å²) in [5.41, 5.74) is 2.26. The van der Waals surface area contributed by atoms with Gasteiger partial charge in [-0.15, -0.1) is 0 Å². The molecule has 6 nitrogen and oxygen atoms in total. The Balaban J connectivity index is 2.01. The standard InChI is InChI=1S/C16H22N4O2/c1-4-19(5-2)14-8-6-13(7-9-14)17-16(21)15-10-11-20(18-15)12-22-3/h6-11H,4-5,12H2,1-3H3,(H,17,21). The van der Waals surface area contributed by atoms with E-state index in [0.717, 1.165) is 24.5 Å². The molecule has 1 N–H and O–H groups in total. The minimum atomic E-state index is -0.231. The Morgan fingerprint density at radius 3 is 2.50 bits per heavy atom. The van der Waals surface area contributed by atoms with E-state index < -0.39 is 0 Å². The lowest BCUT2D eigenvalue weighted by Crippen LogP contribution is -2.21. The predicted octanol–water partition coefficient (Wildman–Crippen LogP) is 2.59. The van der Waals surface area contributed by atoms with Crippen LogP contribution in [0.15, 0.2) is 36.5 Å². The van der Waals surface area contributed by atoms with Gasteiger partial charge in [0.1, 0.15) is 6.73 Å². The molecule has 1 aromatic heterocycles. The van der Waals surface area contributed by atoms with Crippen molar-refractivity contribution in [1.29, 1.82) is 0 Å². The molecule has 0 aliphatic heterocycles. The summed E-state index contributed by atoms with van der Waals surface area (Å²) in [4.78, 5) is 14.4. The molecular weight excluding hydrogens is 280 g/mol. The van der Waals surface area contributed by atoms with E-state index in [4.69, 9.17) is 4.74 Å². The molecule has 0 aliphatic rings. The van der Waals surface area contributed by atoms with E-state index in [-0.39, 0.29) is 5.91 Å². The highest BCUT2D eigenvalue weighted by Gasteiger charge is 2.10. The number of hydrogen-bond acceptors (Lipinski definition) is 4. The summed E-state index contributed by atoms with van der Waals surface area (Å²) in [6.45, 7) is 6.48. The van der Waals surface area contributed by atoms with E-state index in [1.54, 1.807) is 24.1 Å². The summed E-state index contributed by atoms with van der Waals surface area (Å²) in [7, 11) is 1.58. The predicted molar refractivity (Wildman–Crippen MR) is 87.2 cm³/mol. The summed E-state index contributed by atoms with van der Waals surface area (Å²) < 4.78 is 6.53. The number of hydrogen-bond donors (Lipinski definition) is 1. The van der Waals surface area contributed by atoms with Crippen molar-refractivity contribution < 1.29 is 9.53 Å². The van der Waals surface area contributed by atoms with E-state index in [1.165, 1.54) is 0 Å². The first-order valence-electron chi connectivity index (χ1n) is 7.36. The maximum Gasteiger partial charge on any atom is 0.276 e. The van der Waals surface area contributed by atoms with Crippen LogP contribution in [0.25, 0.3) is 0 Å². The second kappa shape index (κ2) is 7.61. The van der Waals surface area contributed by atoms with Crippen LogP contribution in [0.1, 0.15) is 24.3 Å². The third kappa shape index (κ3) is 3.85. The van der Waals surface area contributed by atoms with Crippen molar-refractivity contribution in [1.82, 2.24) is 9.78 Å². The molecule has 1 aromatic carbocycles. The molecule has 0 unspecified atom stereocenters. The van der Waals surface area contributed by atoms with Gasteiger partial charge in [-0.3, -0.25) is 4.79 Å². The Kier molecular flexibility index (Phi) is 5.55. The van der Waals surface area contributed by atoms with Crippen LogP contribution in [0.2, 0.25) is 0 Å². The fraction of sp³-hybridized carbons (Fsp3) is 0.375. The molecule has 2 aromatic rings. The lowest BCUT2D eigenvalue weighted by Gasteiger charge is -2.21. The van der Waals surface area contributed by atoms with Gasteiger partial charge in [0.15, 0.2) is 5.69 Å². The average molecular weight is 302 g/mol. The van der Waals surface area contributed by atoms with Crippen molar-refractivity contribution in [2.24, 2.45) is 0 Å². The molecule has 0 bridgehead atoms. The highest BCUT2D eigenvalue weighted by atomic mass is 16.5. The van der Waals surface area contributed by atoms with E-state index >= 15 is 0 Å². The zero-order valence-electron chi connectivity index (χ0n) is 13.2. The monoisotopic (exact) mass is 302 g/mol. The van der Waals surface area contributed by atoms with Crippen molar-refractivity contribution in [2.75, 3.05) is 30.4 Å². The minimum absolute atomic E-state index is 0.231. The number of carbonyl (C=O) groups is 1. The number of amides is 1. The third-order valence-electron chi connectivity index (χ3n) is 3.39. The molecule has 118 valence electrons. The largest absolute Gasteiger partial charge is 0.372 e. The van der Waals surface area contributed by atoms with Crippen LogP contribution in [0, 0.1) is 0 Å². The fourth-order valence-corrected chi connectivity index (χ4v) is 2.23. The first-order chi connectivity index (χ1) is 10.7. The van der Waals surface area contributed by atoms with Gasteiger partial charge in [-0.25, -0.2) is 4.68 Å². The van der Waals surface area contributed by atoms with Crippen molar-refractivity contribution in [3.63, 3.8) is 0 Å². The molecule has 2 rings (SSSR count). The lowest BCUT2D eigenvalue weighted by molar-refractivity contribution is 0.101. The van der Waals surface area contributed by atoms with Gasteiger partial charge in [-0.2, -0.15) is 5.10 Å². The second-order valence-corrected chi connectivity index (χ2v) is 4.83. The van der Waals surface area contributed by atoms with Crippen LogP contribution in [-0.2, 0) is 11.5 Å². The molecule has 0 spiro atoms. The van der Waals surface area contributed by atoms with Gasteiger partial charge in [0, 0.05) is 37.8 Å². The number of methoxy groups -OCH3 is 1. The number of anilines is 2. The van der Waals surface area contributed by atoms with Gasteiger partial charge in [0.25, 0.3) is 5.91 Å². The Labute approximate surface area is 130 Å². The van der Waals surface area contributed by atoms with Crippen molar-refractivity contribution >= 4 is 17.3 Å². The zero-order valence-corrected chi connectivity index (χ0v) is 13.2. The molecule has 1 amide bonds. The van der Waals surface area contributed by atoms with Crippen LogP contribution in [-0.4, -0.2) is 35.9 Å². The molecule has 1 heterocycles. The number of carbonyl (C=O) groups excluding carboxylic acids is 1. The van der Waals surface area contributed by atoms with Crippen molar-refractivity contribution in [3.05, 3.63) is 42.2 Å². The van der Waals surface area contributed by atoms with Gasteiger partial charge in [0.05, 0.1) is 0 Å². The zero-order chi connectivity index (χ0) is 15.9. The molecule has 0 saturated carbocycles. The summed E-state index contributed by atoms with van der Waals surface area (Å²) >= 11 is 0. The average Bonchev–Trinajstić information content (AvgIpc) is 2.99. The van der Waals surface area contributed by atoms with Crippen LogP contribution < -0.4 is 10.2 Å². The third-order valence-corrected chi connectivity index (χ3v) is 3.39. The number of nitrogens with zero attached hydrogens (tertiary/aromatic N) is 3. The first kappa shape index (κ1) is 16.0. The minimum Gasteiger partial charge on any atom is -0.372 e. The maximum absolute atomic E-state index is 12.1. The van der Waals surface area contributed by atoms with E-state index in [9.17, 15) is 4.79 Å². The lowest BCUT2D eigenvalue weighted by atomic mass is 10.2. The van der Waals surface area contributed by atoms with E-state index in [1.807, 2.05) is 24.3 Å². The molecule has 6 heteroatoms. The molecule has 0 radical (unpaired) electrons. The number of aromatic nitrogens is 2. The normalized spacial score (nSPS) is 10.5. The van der Waals surface area contributed by atoms with Gasteiger partial charge in [-0.05, 0) is 44.2 Å². The molecule has 0 saturated heterocycles. The number of benzene rings is 1. The van der Waals surface area contributed by atoms with Gasteiger partial charge < -0.3 is 15.0 Å². The van der Waals surface area contributed by atoms with Crippen molar-refractivity contribution in [3.8, 4) is 0 Å². The Morgan fingerprint density at radius 2 is 1.91 bits per heavy atom. The van der Waals surface area contributed by atoms with Gasteiger partial charge >= 0.3 is 0 Å². The fourth-order valence-electron chi connectivity index (χ4n) is 2.23. The van der Waals surface area contributed by atoms with E-state index in [2.05, 4.69) is 29.2 Å².